The fraction of sp³-hybridized carbons (Fsp3) is 0.300. The lowest BCUT2D eigenvalue weighted by molar-refractivity contribution is -0.127. The van der Waals surface area contributed by atoms with Gasteiger partial charge in [-0.05, 0) is 33.2 Å². The molecule has 0 spiro atoms. The second kappa shape index (κ2) is 14.0. The number of nitrogens with zero attached hydrogens (tertiary/aromatic N) is 5. The van der Waals surface area contributed by atoms with Gasteiger partial charge in [-0.2, -0.15) is 5.26 Å². The van der Waals surface area contributed by atoms with E-state index in [1.165, 1.54) is 20.2 Å². The van der Waals surface area contributed by atoms with E-state index < -0.39 is 23.5 Å². The standard InChI is InChI=1S/C30H33ClFN9O3/c1-17(36-29(43)27(31)32)28(42)37-22-12-23(25(44-5)13-24(22)41(4)11-10-40(2)3)38-30-35-15-18(14-33)26(39-30)20-16-34-21-9-7-6-8-19(20)21/h6-9,12-13,15-17,27,34H,10-11H2,1-5H3,(H,36,43)(H,37,42)(H,35,38,39)/t17-,27?/m0/s1. The number of alkyl halides is 2. The molecule has 0 saturated carbocycles. The Balaban J connectivity index is 1.73. The van der Waals surface area contributed by atoms with Crippen LogP contribution in [0.1, 0.15) is 12.5 Å². The Morgan fingerprint density at radius 2 is 1.91 bits per heavy atom. The van der Waals surface area contributed by atoms with Gasteiger partial charge in [-0.1, -0.05) is 29.8 Å². The highest BCUT2D eigenvalue weighted by Crippen LogP contribution is 2.38. The Hall–Kier alpha value is -4.93. The molecule has 2 atom stereocenters. The van der Waals surface area contributed by atoms with Crippen LogP contribution in [-0.4, -0.2) is 84.7 Å². The summed E-state index contributed by atoms with van der Waals surface area (Å²) < 4.78 is 18.9. The predicted molar refractivity (Wildman–Crippen MR) is 169 cm³/mol. The molecule has 14 heteroatoms. The topological polar surface area (TPSA) is 151 Å². The molecule has 2 heterocycles. The quantitative estimate of drug-likeness (QED) is 0.170. The molecule has 0 fully saturated rings. The van der Waals surface area contributed by atoms with Gasteiger partial charge in [0.1, 0.15) is 17.9 Å². The van der Waals surface area contributed by atoms with Gasteiger partial charge in [-0.15, -0.1) is 0 Å². The summed E-state index contributed by atoms with van der Waals surface area (Å²) in [7, 11) is 7.28. The minimum atomic E-state index is -2.28. The number of carbonyl (C=O) groups excluding carboxylic acids is 2. The van der Waals surface area contributed by atoms with Crippen molar-refractivity contribution in [3.63, 3.8) is 0 Å². The van der Waals surface area contributed by atoms with Crippen molar-refractivity contribution in [1.82, 2.24) is 25.2 Å². The van der Waals surface area contributed by atoms with E-state index >= 15 is 0 Å². The van der Waals surface area contributed by atoms with Crippen LogP contribution in [0.5, 0.6) is 5.75 Å². The number of hydrogen-bond donors (Lipinski definition) is 4. The Morgan fingerprint density at radius 1 is 1.16 bits per heavy atom. The molecular formula is C30H33ClFN9O3. The number of carbonyl (C=O) groups is 2. The molecule has 0 radical (unpaired) electrons. The van der Waals surface area contributed by atoms with E-state index in [2.05, 4.69) is 37.0 Å². The Bertz CT molecular complexity index is 1700. The first-order valence-corrected chi connectivity index (χ1v) is 14.0. The molecule has 0 aliphatic heterocycles. The number of fused-ring (bicyclic) bond motifs is 1. The van der Waals surface area contributed by atoms with Gasteiger partial charge in [0.25, 0.3) is 11.5 Å². The van der Waals surface area contributed by atoms with Gasteiger partial charge in [0.15, 0.2) is 0 Å². The number of rotatable bonds is 12. The molecule has 2 aromatic heterocycles. The van der Waals surface area contributed by atoms with Gasteiger partial charge < -0.3 is 35.5 Å². The number of amides is 2. The summed E-state index contributed by atoms with van der Waals surface area (Å²) in [6, 6.07) is 12.2. The van der Waals surface area contributed by atoms with Crippen LogP contribution in [0.25, 0.3) is 22.2 Å². The zero-order chi connectivity index (χ0) is 32.0. The van der Waals surface area contributed by atoms with Crippen molar-refractivity contribution in [2.24, 2.45) is 0 Å². The lowest BCUT2D eigenvalue weighted by Crippen LogP contribution is -2.44. The van der Waals surface area contributed by atoms with Crippen LogP contribution in [0.4, 0.5) is 27.4 Å². The van der Waals surface area contributed by atoms with E-state index in [1.54, 1.807) is 18.3 Å². The maximum atomic E-state index is 13.2. The molecule has 2 amide bonds. The van der Waals surface area contributed by atoms with E-state index in [-0.39, 0.29) is 5.95 Å². The lowest BCUT2D eigenvalue weighted by atomic mass is 10.1. The van der Waals surface area contributed by atoms with E-state index in [4.69, 9.17) is 16.3 Å². The third-order valence-corrected chi connectivity index (χ3v) is 7.02. The number of aromatic nitrogens is 3. The summed E-state index contributed by atoms with van der Waals surface area (Å²) >= 11 is 5.21. The number of ether oxygens (including phenoxy) is 1. The zero-order valence-corrected chi connectivity index (χ0v) is 25.7. The highest BCUT2D eigenvalue weighted by molar-refractivity contribution is 6.29. The number of halogens is 2. The summed E-state index contributed by atoms with van der Waals surface area (Å²) in [4.78, 5) is 41.0. The molecule has 4 rings (SSSR count). The van der Waals surface area contributed by atoms with E-state index in [0.717, 1.165) is 23.0 Å². The summed E-state index contributed by atoms with van der Waals surface area (Å²) in [6.45, 7) is 2.75. The molecule has 12 nitrogen and oxygen atoms in total. The average Bonchev–Trinajstić information content (AvgIpc) is 3.44. The first kappa shape index (κ1) is 32.0. The second-order valence-electron chi connectivity index (χ2n) is 10.3. The maximum absolute atomic E-state index is 13.2. The fourth-order valence-electron chi connectivity index (χ4n) is 4.42. The van der Waals surface area contributed by atoms with Crippen LogP contribution in [0.15, 0.2) is 48.8 Å². The number of anilines is 4. The number of H-pyrrole nitrogens is 1. The van der Waals surface area contributed by atoms with E-state index in [9.17, 15) is 19.2 Å². The number of nitriles is 1. The molecule has 0 saturated heterocycles. The smallest absolute Gasteiger partial charge is 0.270 e. The Kier molecular flexibility index (Phi) is 10.2. The molecule has 4 N–H and O–H groups in total. The minimum absolute atomic E-state index is 0.185. The number of likely N-dealkylation sites (N-methyl/N-ethyl adjacent to an activating group) is 2. The van der Waals surface area contributed by atoms with Gasteiger partial charge in [0, 0.05) is 48.9 Å². The first-order valence-electron chi connectivity index (χ1n) is 13.6. The van der Waals surface area contributed by atoms with Crippen LogP contribution >= 0.6 is 11.6 Å². The monoisotopic (exact) mass is 621 g/mol. The van der Waals surface area contributed by atoms with Gasteiger partial charge in [-0.25, -0.2) is 14.4 Å². The Morgan fingerprint density at radius 3 is 2.59 bits per heavy atom. The molecular weight excluding hydrogens is 589 g/mol. The number of benzene rings is 2. The maximum Gasteiger partial charge on any atom is 0.270 e. The normalized spacial score (nSPS) is 12.3. The predicted octanol–water partition coefficient (Wildman–Crippen LogP) is 4.22. The molecule has 0 bridgehead atoms. The van der Waals surface area contributed by atoms with Gasteiger partial charge in [-0.3, -0.25) is 9.59 Å². The molecule has 4 aromatic rings. The zero-order valence-electron chi connectivity index (χ0n) is 24.9. The first-order chi connectivity index (χ1) is 21.0. The fourth-order valence-corrected chi connectivity index (χ4v) is 4.49. The van der Waals surface area contributed by atoms with Gasteiger partial charge in [0.2, 0.25) is 11.9 Å². The Labute approximate surface area is 259 Å². The van der Waals surface area contributed by atoms with Gasteiger partial charge in [0.05, 0.1) is 41.6 Å². The van der Waals surface area contributed by atoms with Gasteiger partial charge >= 0.3 is 0 Å². The largest absolute Gasteiger partial charge is 0.494 e. The van der Waals surface area contributed by atoms with Crippen molar-refractivity contribution in [1.29, 1.82) is 5.26 Å². The summed E-state index contributed by atoms with van der Waals surface area (Å²) in [5.74, 6) is -1.09. The van der Waals surface area contributed by atoms with Crippen molar-refractivity contribution in [3.05, 3.63) is 54.4 Å². The average molecular weight is 622 g/mol. The molecule has 1 unspecified atom stereocenters. The molecule has 44 heavy (non-hydrogen) atoms. The summed E-state index contributed by atoms with van der Waals surface area (Å²) in [6.07, 6.45) is 3.23. The van der Waals surface area contributed by atoms with Crippen molar-refractivity contribution < 1.29 is 18.7 Å². The SMILES string of the molecule is COc1cc(N(C)CCN(C)C)c(NC(=O)[C@H](C)NC(=O)C(F)Cl)cc1Nc1ncc(C#N)c(-c2c[nH]c3ccccc23)n1. The molecule has 2 aromatic carbocycles. The van der Waals surface area contributed by atoms with Crippen LogP contribution in [0.2, 0.25) is 0 Å². The van der Waals surface area contributed by atoms with Crippen LogP contribution in [-0.2, 0) is 9.59 Å². The third kappa shape index (κ3) is 7.34. The highest BCUT2D eigenvalue weighted by Gasteiger charge is 2.23. The van der Waals surface area contributed by atoms with Crippen molar-refractivity contribution in [3.8, 4) is 23.1 Å². The number of hydrogen-bond acceptors (Lipinski definition) is 9. The summed E-state index contributed by atoms with van der Waals surface area (Å²) in [5.41, 5.74) is 1.51. The van der Waals surface area contributed by atoms with E-state index in [0.29, 0.717) is 40.6 Å². The lowest BCUT2D eigenvalue weighted by Gasteiger charge is -2.26. The third-order valence-electron chi connectivity index (χ3n) is 6.82. The van der Waals surface area contributed by atoms with Crippen LogP contribution < -0.4 is 25.6 Å². The highest BCUT2D eigenvalue weighted by atomic mass is 35.5. The van der Waals surface area contributed by atoms with Crippen molar-refractivity contribution in [2.45, 2.75) is 18.6 Å². The number of nitrogens with one attached hydrogen (secondary N) is 4. The van der Waals surface area contributed by atoms with Crippen LogP contribution in [0, 0.1) is 11.3 Å². The van der Waals surface area contributed by atoms with E-state index in [1.807, 2.05) is 55.2 Å². The number of aromatic amines is 1. The van der Waals surface area contributed by atoms with Crippen molar-refractivity contribution >= 4 is 57.3 Å². The summed E-state index contributed by atoms with van der Waals surface area (Å²) in [5, 5.41) is 18.9. The van der Waals surface area contributed by atoms with Crippen LogP contribution in [0.3, 0.4) is 0 Å². The molecule has 0 aliphatic carbocycles. The number of methoxy groups -OCH3 is 1. The number of para-hydroxylation sites is 1. The minimum Gasteiger partial charge on any atom is -0.494 e. The second-order valence-corrected chi connectivity index (χ2v) is 10.6. The molecule has 230 valence electrons. The molecule has 0 aliphatic rings. The van der Waals surface area contributed by atoms with Crippen molar-refractivity contribution in [2.75, 3.05) is 56.9 Å².